The Morgan fingerprint density at radius 1 is 1.20 bits per heavy atom. The maximum atomic E-state index is 3.44. The van der Waals surface area contributed by atoms with Crippen molar-refractivity contribution in [3.05, 3.63) is 0 Å². The fraction of sp³-hybridized carbons (Fsp3) is 1.00. The average molecular weight is 141 g/mol. The van der Waals surface area contributed by atoms with Crippen LogP contribution in [0.3, 0.4) is 0 Å². The van der Waals surface area contributed by atoms with Gasteiger partial charge in [0.1, 0.15) is 0 Å². The molecule has 2 saturated heterocycles. The fourth-order valence-electron chi connectivity index (χ4n) is 1.77. The van der Waals surface area contributed by atoms with Gasteiger partial charge < -0.3 is 10.6 Å². The van der Waals surface area contributed by atoms with Gasteiger partial charge in [0.2, 0.25) is 0 Å². The van der Waals surface area contributed by atoms with E-state index in [1.807, 2.05) is 0 Å². The van der Waals surface area contributed by atoms with Crippen LogP contribution in [0.5, 0.6) is 0 Å². The summed E-state index contributed by atoms with van der Waals surface area (Å²) in [6.07, 6.45) is 0. The molecule has 10 heavy (non-hydrogen) atoms. The van der Waals surface area contributed by atoms with Gasteiger partial charge in [0.15, 0.2) is 0 Å². The van der Waals surface area contributed by atoms with Crippen molar-refractivity contribution in [2.75, 3.05) is 39.4 Å². The summed E-state index contributed by atoms with van der Waals surface area (Å²) in [6.45, 7) is 7.16. The highest BCUT2D eigenvalue weighted by Crippen LogP contribution is 2.05. The Bertz CT molecular complexity index is 103. The summed E-state index contributed by atoms with van der Waals surface area (Å²) in [5, 5.41) is 6.85. The van der Waals surface area contributed by atoms with Crippen LogP contribution in [-0.2, 0) is 0 Å². The molecule has 58 valence electrons. The van der Waals surface area contributed by atoms with Crippen molar-refractivity contribution in [1.82, 2.24) is 15.5 Å². The van der Waals surface area contributed by atoms with Crippen molar-refractivity contribution in [3.63, 3.8) is 0 Å². The smallest absolute Gasteiger partial charge is 0.0481 e. The second-order valence-electron chi connectivity index (χ2n) is 3.26. The SMILES string of the molecule is C1CN2CNCC(CN1)C2. The van der Waals surface area contributed by atoms with Gasteiger partial charge in [0.05, 0.1) is 0 Å². The second-order valence-corrected chi connectivity index (χ2v) is 3.26. The van der Waals surface area contributed by atoms with Crippen LogP contribution in [0.2, 0.25) is 0 Å². The predicted molar refractivity (Wildman–Crippen MR) is 40.8 cm³/mol. The van der Waals surface area contributed by atoms with Crippen molar-refractivity contribution in [2.24, 2.45) is 5.92 Å². The molecule has 0 amide bonds. The first kappa shape index (κ1) is 6.58. The van der Waals surface area contributed by atoms with Crippen LogP contribution in [0.25, 0.3) is 0 Å². The van der Waals surface area contributed by atoms with Gasteiger partial charge in [-0.1, -0.05) is 0 Å². The van der Waals surface area contributed by atoms with Crippen molar-refractivity contribution in [1.29, 1.82) is 0 Å². The van der Waals surface area contributed by atoms with Crippen molar-refractivity contribution in [3.8, 4) is 0 Å². The van der Waals surface area contributed by atoms with E-state index >= 15 is 0 Å². The molecule has 2 aliphatic rings. The molecule has 0 aromatic carbocycles. The van der Waals surface area contributed by atoms with Crippen LogP contribution in [0, 0.1) is 5.92 Å². The molecule has 2 heterocycles. The molecule has 2 fully saturated rings. The summed E-state index contributed by atoms with van der Waals surface area (Å²) in [5.74, 6) is 0.844. The molecule has 3 nitrogen and oxygen atoms in total. The van der Waals surface area contributed by atoms with E-state index in [4.69, 9.17) is 0 Å². The molecule has 2 N–H and O–H groups in total. The van der Waals surface area contributed by atoms with E-state index < -0.39 is 0 Å². The Kier molecular flexibility index (Phi) is 1.88. The van der Waals surface area contributed by atoms with Crippen LogP contribution in [0.1, 0.15) is 0 Å². The highest BCUT2D eigenvalue weighted by atomic mass is 15.3. The van der Waals surface area contributed by atoms with Gasteiger partial charge in [-0.3, -0.25) is 4.90 Å². The monoisotopic (exact) mass is 141 g/mol. The first-order valence-electron chi connectivity index (χ1n) is 4.09. The summed E-state index contributed by atoms with van der Waals surface area (Å²) in [7, 11) is 0. The summed E-state index contributed by atoms with van der Waals surface area (Å²) in [6, 6.07) is 0. The molecule has 2 aliphatic heterocycles. The number of rotatable bonds is 0. The number of fused-ring (bicyclic) bond motifs is 2. The third kappa shape index (κ3) is 1.31. The van der Waals surface area contributed by atoms with Gasteiger partial charge >= 0.3 is 0 Å². The first-order valence-corrected chi connectivity index (χ1v) is 4.09. The molecule has 0 radical (unpaired) electrons. The highest BCUT2D eigenvalue weighted by molar-refractivity contribution is 4.78. The van der Waals surface area contributed by atoms with Gasteiger partial charge in [-0.05, 0) is 5.92 Å². The lowest BCUT2D eigenvalue weighted by molar-refractivity contribution is 0.191. The Morgan fingerprint density at radius 3 is 3.10 bits per heavy atom. The third-order valence-electron chi connectivity index (χ3n) is 2.32. The van der Waals surface area contributed by atoms with E-state index in [9.17, 15) is 0 Å². The van der Waals surface area contributed by atoms with Crippen LogP contribution >= 0.6 is 0 Å². The van der Waals surface area contributed by atoms with Crippen molar-refractivity contribution < 1.29 is 0 Å². The van der Waals surface area contributed by atoms with Crippen LogP contribution in [0.4, 0.5) is 0 Å². The molecule has 0 aromatic heterocycles. The van der Waals surface area contributed by atoms with Gasteiger partial charge in [-0.15, -0.1) is 0 Å². The molecular formula is C7H15N3. The van der Waals surface area contributed by atoms with Crippen LogP contribution < -0.4 is 10.6 Å². The van der Waals surface area contributed by atoms with Gasteiger partial charge in [-0.25, -0.2) is 0 Å². The molecule has 2 rings (SSSR count). The standard InChI is InChI=1S/C7H15N3/c1-2-10-5-7(3-8-1)4-9-6-10/h7-9H,1-6H2. The molecule has 3 heteroatoms. The van der Waals surface area contributed by atoms with E-state index in [2.05, 4.69) is 15.5 Å². The Balaban J connectivity index is 1.96. The molecule has 0 aliphatic carbocycles. The summed E-state index contributed by atoms with van der Waals surface area (Å²) in [5.41, 5.74) is 0. The molecule has 2 unspecified atom stereocenters. The molecule has 0 saturated carbocycles. The second kappa shape index (κ2) is 2.86. The zero-order valence-electron chi connectivity index (χ0n) is 6.27. The lowest BCUT2D eigenvalue weighted by Crippen LogP contribution is -2.47. The van der Waals surface area contributed by atoms with Crippen LogP contribution in [0.15, 0.2) is 0 Å². The lowest BCUT2D eigenvalue weighted by Gasteiger charge is -2.29. The normalized spacial score (nSPS) is 40.8. The Morgan fingerprint density at radius 2 is 2.10 bits per heavy atom. The zero-order chi connectivity index (χ0) is 6.81. The molecule has 2 atom stereocenters. The zero-order valence-corrected chi connectivity index (χ0v) is 6.27. The van der Waals surface area contributed by atoms with Gasteiger partial charge in [-0.2, -0.15) is 0 Å². The third-order valence-corrected chi connectivity index (χ3v) is 2.32. The molecule has 2 bridgehead atoms. The fourth-order valence-corrected chi connectivity index (χ4v) is 1.77. The number of hydrogen-bond acceptors (Lipinski definition) is 3. The summed E-state index contributed by atoms with van der Waals surface area (Å²) >= 11 is 0. The van der Waals surface area contributed by atoms with Crippen molar-refractivity contribution >= 4 is 0 Å². The van der Waals surface area contributed by atoms with E-state index in [1.54, 1.807) is 0 Å². The summed E-state index contributed by atoms with van der Waals surface area (Å²) in [4.78, 5) is 2.48. The minimum absolute atomic E-state index is 0.844. The van der Waals surface area contributed by atoms with Crippen LogP contribution in [-0.4, -0.2) is 44.3 Å². The minimum atomic E-state index is 0.844. The Labute approximate surface area is 61.8 Å². The minimum Gasteiger partial charge on any atom is -0.315 e. The van der Waals surface area contributed by atoms with E-state index in [1.165, 1.54) is 26.2 Å². The Hall–Kier alpha value is -0.120. The molecular weight excluding hydrogens is 126 g/mol. The highest BCUT2D eigenvalue weighted by Gasteiger charge is 2.20. The van der Waals surface area contributed by atoms with Crippen molar-refractivity contribution in [2.45, 2.75) is 0 Å². The average Bonchev–Trinajstić information content (AvgIpc) is 2.12. The number of nitrogens with zero attached hydrogens (tertiary/aromatic N) is 1. The van der Waals surface area contributed by atoms with Gasteiger partial charge in [0, 0.05) is 39.4 Å². The largest absolute Gasteiger partial charge is 0.315 e. The maximum absolute atomic E-state index is 3.44. The summed E-state index contributed by atoms with van der Waals surface area (Å²) < 4.78 is 0. The number of nitrogens with one attached hydrogen (secondary N) is 2. The molecule has 0 aromatic rings. The van der Waals surface area contributed by atoms with E-state index in [0.717, 1.165) is 19.1 Å². The maximum Gasteiger partial charge on any atom is 0.0481 e. The van der Waals surface area contributed by atoms with Gasteiger partial charge in [0.25, 0.3) is 0 Å². The van der Waals surface area contributed by atoms with E-state index in [0.29, 0.717) is 0 Å². The van der Waals surface area contributed by atoms with E-state index in [-0.39, 0.29) is 0 Å². The lowest BCUT2D eigenvalue weighted by atomic mass is 10.1. The molecule has 0 spiro atoms. The predicted octanol–water partition coefficient (Wildman–Crippen LogP) is -0.931. The topological polar surface area (TPSA) is 27.3 Å². The first-order chi connectivity index (χ1) is 4.95. The quantitative estimate of drug-likeness (QED) is 0.456. The number of hydrogen-bond donors (Lipinski definition) is 2.